The van der Waals surface area contributed by atoms with Crippen LogP contribution in [0.3, 0.4) is 0 Å². The van der Waals surface area contributed by atoms with Crippen molar-refractivity contribution in [1.29, 1.82) is 0 Å². The average molecular weight is 882 g/mol. The molecule has 17 nitrogen and oxygen atoms in total. The summed E-state index contributed by atoms with van der Waals surface area (Å²) in [5.41, 5.74) is -8.74. The second kappa shape index (κ2) is 16.8. The van der Waals surface area contributed by atoms with Crippen LogP contribution < -0.4 is 5.32 Å². The van der Waals surface area contributed by atoms with Crippen LogP contribution in [-0.2, 0) is 57.1 Å². The Morgan fingerprint density at radius 2 is 1.63 bits per heavy atom. The van der Waals surface area contributed by atoms with Crippen LogP contribution in [0, 0.1) is 22.7 Å². The van der Waals surface area contributed by atoms with E-state index in [9.17, 15) is 39.0 Å². The fourth-order valence-electron chi connectivity index (χ4n) is 10.4. The number of amides is 1. The topological polar surface area (TPSA) is 237 Å². The first-order chi connectivity index (χ1) is 29.3. The first kappa shape index (κ1) is 47.4. The monoisotopic (exact) mass is 881 g/mol. The molecule has 1 amide bonds. The number of hydrogen-bond donors (Lipinski definition) is 3. The van der Waals surface area contributed by atoms with E-state index in [4.69, 9.17) is 33.2 Å². The van der Waals surface area contributed by atoms with Crippen molar-refractivity contribution in [3.8, 4) is 0 Å². The van der Waals surface area contributed by atoms with Gasteiger partial charge in [-0.2, -0.15) is 0 Å². The molecule has 1 aromatic rings. The van der Waals surface area contributed by atoms with E-state index in [0.29, 0.717) is 0 Å². The fourth-order valence-corrected chi connectivity index (χ4v) is 10.4. The number of hydrogen-bond acceptors (Lipinski definition) is 16. The van der Waals surface area contributed by atoms with Crippen molar-refractivity contribution in [2.45, 2.75) is 155 Å². The third kappa shape index (κ3) is 7.94. The summed E-state index contributed by atoms with van der Waals surface area (Å²) in [5, 5.41) is 26.5. The molecule has 2 bridgehead atoms. The number of alkyl carbamates (subject to hydrolysis) is 1. The number of carbonyl (C=O) groups is 7. The van der Waals surface area contributed by atoms with Gasteiger partial charge in [-0.3, -0.25) is 14.4 Å². The van der Waals surface area contributed by atoms with Gasteiger partial charge in [0.25, 0.3) is 0 Å². The number of aliphatic hydroxyl groups excluding tert-OH is 2. The molecule has 1 saturated heterocycles. The number of carbonyl (C=O) groups excluding carboxylic acids is 7. The molecule has 344 valence electrons. The molecule has 2 unspecified atom stereocenters. The van der Waals surface area contributed by atoms with E-state index in [-0.39, 0.29) is 54.1 Å². The second-order valence-electron chi connectivity index (χ2n) is 19.3. The largest absolute Gasteiger partial charge is 0.454 e. The first-order valence-corrected chi connectivity index (χ1v) is 21.3. The van der Waals surface area contributed by atoms with Crippen molar-refractivity contribution in [2.75, 3.05) is 6.61 Å². The molecule has 3 fully saturated rings. The standard InChI is InChI=1S/C46H59NO16/c1-12-30(50)58-35-32-23(4)34(59-40(55)33(52)27(18-22(2)3)47-41(56)63-42(6,7)8)26-19-31(51)62-46(26,43(32,9)10)38(60-39(54)25-16-14-13-15-17-25)36-44(11,37(35)53)28(49)20-29-45(36,21-57-29)61-24(5)48/h13-17,19,22,27-29,33-36,38,49,52H,12,18,20-21H2,1-11H3,(H,47,56)/t27?,28-,29+,33+,34+,35+,36-,38-,44+,45-,46?/m0/s1. The van der Waals surface area contributed by atoms with Gasteiger partial charge in [0.2, 0.25) is 0 Å². The molecule has 3 N–H and O–H groups in total. The Morgan fingerprint density at radius 3 is 2.19 bits per heavy atom. The lowest BCUT2D eigenvalue weighted by atomic mass is 9.44. The highest BCUT2D eigenvalue weighted by Gasteiger charge is 2.81. The lowest BCUT2D eigenvalue weighted by Crippen LogP contribution is -2.82. The number of ether oxygens (including phenoxy) is 7. The Hall–Kier alpha value is -5.13. The number of nitrogens with one attached hydrogen (secondary N) is 1. The molecular formula is C46H59NO16. The van der Waals surface area contributed by atoms with E-state index in [1.807, 2.05) is 13.8 Å². The Kier molecular flexibility index (Phi) is 12.6. The molecule has 3 aliphatic carbocycles. The summed E-state index contributed by atoms with van der Waals surface area (Å²) in [4.78, 5) is 98.2. The van der Waals surface area contributed by atoms with E-state index in [2.05, 4.69) is 5.32 Å². The molecule has 17 heteroatoms. The van der Waals surface area contributed by atoms with Gasteiger partial charge in [0.15, 0.2) is 35.3 Å². The van der Waals surface area contributed by atoms with Gasteiger partial charge in [-0.05, 0) is 70.2 Å². The summed E-state index contributed by atoms with van der Waals surface area (Å²) in [6, 6.07) is 6.57. The van der Waals surface area contributed by atoms with Gasteiger partial charge in [0.1, 0.15) is 17.8 Å². The van der Waals surface area contributed by atoms with Gasteiger partial charge in [-0.25, -0.2) is 19.2 Å². The molecule has 11 atom stereocenters. The van der Waals surface area contributed by atoms with Crippen molar-refractivity contribution in [2.24, 2.45) is 22.7 Å². The van der Waals surface area contributed by atoms with Gasteiger partial charge >= 0.3 is 35.9 Å². The van der Waals surface area contributed by atoms with Crippen LogP contribution in [0.25, 0.3) is 0 Å². The third-order valence-electron chi connectivity index (χ3n) is 13.2. The minimum Gasteiger partial charge on any atom is -0.454 e. The van der Waals surface area contributed by atoms with Crippen molar-refractivity contribution >= 4 is 41.7 Å². The number of rotatable bonds is 11. The van der Waals surface area contributed by atoms with E-state index < -0.39 is 118 Å². The number of ketones is 1. The molecule has 6 rings (SSSR count). The number of Topliss-reactive ketones (excluding diaryl/α,β-unsaturated/α-hetero) is 1. The quantitative estimate of drug-likeness (QED) is 0.162. The highest BCUT2D eigenvalue weighted by atomic mass is 16.6. The summed E-state index contributed by atoms with van der Waals surface area (Å²) < 4.78 is 42.7. The molecule has 63 heavy (non-hydrogen) atoms. The zero-order valence-corrected chi connectivity index (χ0v) is 37.6. The number of fused-ring (bicyclic) bond motifs is 4. The number of aliphatic hydroxyl groups is 2. The van der Waals surface area contributed by atoms with Gasteiger partial charge in [0.05, 0.1) is 35.6 Å². The van der Waals surface area contributed by atoms with E-state index in [0.717, 1.165) is 13.0 Å². The van der Waals surface area contributed by atoms with Crippen LogP contribution in [0.5, 0.6) is 0 Å². The molecule has 1 aromatic carbocycles. The Balaban J connectivity index is 1.63. The van der Waals surface area contributed by atoms with E-state index in [1.165, 1.54) is 32.9 Å². The van der Waals surface area contributed by atoms with Crippen molar-refractivity contribution in [1.82, 2.24) is 5.32 Å². The van der Waals surface area contributed by atoms with Gasteiger partial charge in [0, 0.05) is 36.8 Å². The van der Waals surface area contributed by atoms with Crippen molar-refractivity contribution in [3.05, 3.63) is 58.7 Å². The van der Waals surface area contributed by atoms with Gasteiger partial charge < -0.3 is 48.7 Å². The fraction of sp³-hybridized carbons (Fsp3) is 0.630. The molecule has 2 aliphatic heterocycles. The average Bonchev–Trinajstić information content (AvgIpc) is 3.55. The Bertz CT molecular complexity index is 2120. The number of esters is 5. The summed E-state index contributed by atoms with van der Waals surface area (Å²) in [6.07, 6.45) is -10.2. The zero-order chi connectivity index (χ0) is 46.8. The van der Waals surface area contributed by atoms with Crippen molar-refractivity contribution < 1.29 is 76.9 Å². The molecule has 5 aliphatic rings. The summed E-state index contributed by atoms with van der Waals surface area (Å²) in [7, 11) is 0. The SMILES string of the molecule is CCC(=O)O[C@H]1C(=O)[C@@]2(C)[C@H]([C@H](OC(=O)c3ccccc3)C34OC(=O)C=C3[C@H](OC(=O)[C@H](O)C(CC(C)C)NC(=O)OC(C)(C)C)C(C)=C1C4(C)C)[C@]1(OC(C)=O)CO[C@@H]1C[C@@H]2O. The lowest BCUT2D eigenvalue weighted by Gasteiger charge is -2.67. The molecule has 2 saturated carbocycles. The number of benzene rings is 1. The van der Waals surface area contributed by atoms with E-state index >= 15 is 4.79 Å². The van der Waals surface area contributed by atoms with Crippen LogP contribution >= 0.6 is 0 Å². The minimum atomic E-state index is -2.28. The zero-order valence-electron chi connectivity index (χ0n) is 37.6. The van der Waals surface area contributed by atoms with Gasteiger partial charge in [-0.15, -0.1) is 0 Å². The first-order valence-electron chi connectivity index (χ1n) is 21.3. The van der Waals surface area contributed by atoms with Crippen LogP contribution in [0.4, 0.5) is 4.79 Å². The highest BCUT2D eigenvalue weighted by molar-refractivity contribution is 5.97. The predicted molar refractivity (Wildman–Crippen MR) is 219 cm³/mol. The third-order valence-corrected chi connectivity index (χ3v) is 13.2. The molecule has 2 heterocycles. The summed E-state index contributed by atoms with van der Waals surface area (Å²) in [6.45, 7) is 17.0. The molecule has 0 radical (unpaired) electrons. The maximum absolute atomic E-state index is 15.7. The maximum atomic E-state index is 15.7. The van der Waals surface area contributed by atoms with Crippen molar-refractivity contribution in [3.63, 3.8) is 0 Å². The molecule has 1 spiro atoms. The maximum Gasteiger partial charge on any atom is 0.407 e. The van der Waals surface area contributed by atoms with Crippen LogP contribution in [-0.4, -0.2) is 118 Å². The smallest absolute Gasteiger partial charge is 0.407 e. The van der Waals surface area contributed by atoms with Crippen LogP contribution in [0.2, 0.25) is 0 Å². The van der Waals surface area contributed by atoms with Gasteiger partial charge in [-0.1, -0.05) is 52.8 Å². The summed E-state index contributed by atoms with van der Waals surface area (Å²) >= 11 is 0. The van der Waals surface area contributed by atoms with E-state index in [1.54, 1.807) is 52.8 Å². The van der Waals surface area contributed by atoms with Crippen LogP contribution in [0.1, 0.15) is 106 Å². The summed E-state index contributed by atoms with van der Waals surface area (Å²) in [5.74, 6) is -7.43. The normalized spacial score (nSPS) is 32.7. The highest BCUT2D eigenvalue weighted by Crippen LogP contribution is 2.67. The Morgan fingerprint density at radius 1 is 0.984 bits per heavy atom. The predicted octanol–water partition coefficient (Wildman–Crippen LogP) is 3.99. The lowest BCUT2D eigenvalue weighted by molar-refractivity contribution is -0.342. The molecular weight excluding hydrogens is 822 g/mol. The minimum absolute atomic E-state index is 0.000189. The van der Waals surface area contributed by atoms with Crippen LogP contribution in [0.15, 0.2) is 53.1 Å². The Labute approximate surface area is 366 Å². The second-order valence-corrected chi connectivity index (χ2v) is 19.3. The molecule has 0 aromatic heterocycles.